The number of hydrogen-bond acceptors (Lipinski definition) is 6. The first-order valence-electron chi connectivity index (χ1n) is 8.45. The van der Waals surface area contributed by atoms with Crippen LogP contribution in [-0.4, -0.2) is 49.4 Å². The minimum Gasteiger partial charge on any atom is -0.383 e. The van der Waals surface area contributed by atoms with E-state index in [1.54, 1.807) is 6.07 Å². The van der Waals surface area contributed by atoms with E-state index in [1.807, 2.05) is 4.57 Å². The largest absolute Gasteiger partial charge is 0.383 e. The molecule has 1 saturated carbocycles. The van der Waals surface area contributed by atoms with E-state index in [0.29, 0.717) is 16.6 Å². The summed E-state index contributed by atoms with van der Waals surface area (Å²) < 4.78 is 34.2. The predicted octanol–water partition coefficient (Wildman–Crippen LogP) is 1.13. The highest BCUT2D eigenvalue weighted by atomic mass is 32.2. The highest BCUT2D eigenvalue weighted by Gasteiger charge is 2.27. The zero-order chi connectivity index (χ0) is 19.4. The molecule has 1 aromatic heterocycles. The first kappa shape index (κ1) is 19.7. The summed E-state index contributed by atoms with van der Waals surface area (Å²) in [7, 11) is -2.22. The summed E-state index contributed by atoms with van der Waals surface area (Å²) in [5.41, 5.74) is 0.247. The van der Waals surface area contributed by atoms with Crippen LogP contribution in [0.15, 0.2) is 29.2 Å². The molecule has 0 bridgehead atoms. The van der Waals surface area contributed by atoms with E-state index in [-0.39, 0.29) is 36.1 Å². The van der Waals surface area contributed by atoms with Gasteiger partial charge in [-0.3, -0.25) is 14.5 Å². The van der Waals surface area contributed by atoms with Crippen LogP contribution in [0.25, 0.3) is 0 Å². The number of aromatic amines is 1. The van der Waals surface area contributed by atoms with E-state index in [1.165, 1.54) is 25.3 Å². The molecule has 1 amide bonds. The lowest BCUT2D eigenvalue weighted by molar-refractivity contribution is 0.0949. The van der Waals surface area contributed by atoms with Crippen molar-refractivity contribution in [3.8, 4) is 0 Å². The lowest BCUT2D eigenvalue weighted by Gasteiger charge is -2.09. The number of nitrogens with one attached hydrogen (secondary N) is 3. The molecule has 1 aliphatic rings. The van der Waals surface area contributed by atoms with Gasteiger partial charge in [-0.2, -0.15) is 5.10 Å². The zero-order valence-corrected chi connectivity index (χ0v) is 16.4. The summed E-state index contributed by atoms with van der Waals surface area (Å²) in [6.07, 6.45) is 2.09. The van der Waals surface area contributed by atoms with Crippen molar-refractivity contribution in [1.82, 2.24) is 24.8 Å². The predicted molar refractivity (Wildman–Crippen MR) is 100 cm³/mol. The van der Waals surface area contributed by atoms with Crippen LogP contribution in [0, 0.1) is 4.77 Å². The fraction of sp³-hybridized carbons (Fsp3) is 0.438. The van der Waals surface area contributed by atoms with Gasteiger partial charge in [0.2, 0.25) is 10.0 Å². The molecule has 0 aliphatic heterocycles. The topological polar surface area (TPSA) is 118 Å². The molecule has 0 radical (unpaired) electrons. The van der Waals surface area contributed by atoms with Gasteiger partial charge in [0.15, 0.2) is 10.6 Å². The number of carbonyl (C=O) groups excluding carboxylic acids is 1. The highest BCUT2D eigenvalue weighted by Crippen LogP contribution is 2.35. The molecule has 1 fully saturated rings. The minimum atomic E-state index is -3.71. The number of nitrogens with zero attached hydrogens (tertiary/aromatic N) is 2. The Hall–Kier alpha value is -2.08. The summed E-state index contributed by atoms with van der Waals surface area (Å²) in [5, 5.41) is 9.66. The number of aromatic nitrogens is 3. The van der Waals surface area contributed by atoms with Crippen LogP contribution >= 0.6 is 12.2 Å². The van der Waals surface area contributed by atoms with Crippen LogP contribution in [0.2, 0.25) is 0 Å². The SMILES string of the molecule is COCCNS(=O)(=O)c1cccc(C(=O)NCc2n[nH]c(=S)n2C2CC2)c1. The quantitative estimate of drug-likeness (QED) is 0.421. The van der Waals surface area contributed by atoms with Gasteiger partial charge in [-0.15, -0.1) is 0 Å². The van der Waals surface area contributed by atoms with Crippen LogP contribution in [0.3, 0.4) is 0 Å². The summed E-state index contributed by atoms with van der Waals surface area (Å²) in [4.78, 5) is 12.5. The molecule has 1 aromatic carbocycles. The summed E-state index contributed by atoms with van der Waals surface area (Å²) in [6, 6.07) is 6.20. The van der Waals surface area contributed by atoms with Crippen LogP contribution < -0.4 is 10.0 Å². The number of carbonyl (C=O) groups is 1. The average molecular weight is 412 g/mol. The molecule has 1 aliphatic carbocycles. The Balaban J connectivity index is 1.68. The van der Waals surface area contributed by atoms with E-state index in [2.05, 4.69) is 20.2 Å². The fourth-order valence-electron chi connectivity index (χ4n) is 2.60. The summed E-state index contributed by atoms with van der Waals surface area (Å²) in [6.45, 7) is 0.611. The molecule has 0 unspecified atom stereocenters. The number of methoxy groups -OCH3 is 1. The van der Waals surface area contributed by atoms with E-state index in [0.717, 1.165) is 12.8 Å². The Morgan fingerprint density at radius 3 is 2.93 bits per heavy atom. The Bertz CT molecular complexity index is 979. The molecule has 2 aromatic rings. The molecule has 3 rings (SSSR count). The van der Waals surface area contributed by atoms with Gasteiger partial charge in [-0.1, -0.05) is 6.07 Å². The van der Waals surface area contributed by atoms with E-state index >= 15 is 0 Å². The van der Waals surface area contributed by atoms with Crippen LogP contribution in [0.1, 0.15) is 35.1 Å². The third kappa shape index (κ3) is 4.80. The molecule has 0 saturated heterocycles. The van der Waals surface area contributed by atoms with Crippen molar-refractivity contribution < 1.29 is 17.9 Å². The molecule has 146 valence electrons. The Morgan fingerprint density at radius 2 is 2.22 bits per heavy atom. The number of benzene rings is 1. The van der Waals surface area contributed by atoms with Gasteiger partial charge in [-0.05, 0) is 43.3 Å². The van der Waals surface area contributed by atoms with Gasteiger partial charge in [0.25, 0.3) is 5.91 Å². The van der Waals surface area contributed by atoms with Gasteiger partial charge >= 0.3 is 0 Å². The number of hydrogen-bond donors (Lipinski definition) is 3. The summed E-state index contributed by atoms with van der Waals surface area (Å²) >= 11 is 5.21. The second-order valence-corrected chi connectivity index (χ2v) is 8.30. The lowest BCUT2D eigenvalue weighted by Crippen LogP contribution is -2.28. The van der Waals surface area contributed by atoms with Crippen LogP contribution in [-0.2, 0) is 21.3 Å². The van der Waals surface area contributed by atoms with Gasteiger partial charge in [-0.25, -0.2) is 13.1 Å². The van der Waals surface area contributed by atoms with Crippen molar-refractivity contribution in [3.63, 3.8) is 0 Å². The molecule has 0 spiro atoms. The molecule has 1 heterocycles. The fourth-order valence-corrected chi connectivity index (χ4v) is 3.96. The molecular formula is C16H21N5O4S2. The maximum absolute atomic E-state index is 12.4. The normalized spacial score (nSPS) is 14.3. The number of H-pyrrole nitrogens is 1. The number of ether oxygens (including phenoxy) is 1. The first-order chi connectivity index (χ1) is 12.9. The lowest BCUT2D eigenvalue weighted by atomic mass is 10.2. The summed E-state index contributed by atoms with van der Waals surface area (Å²) in [5.74, 6) is 0.265. The number of rotatable bonds is 9. The van der Waals surface area contributed by atoms with E-state index in [9.17, 15) is 13.2 Å². The van der Waals surface area contributed by atoms with Crippen LogP contribution in [0.5, 0.6) is 0 Å². The molecular weight excluding hydrogens is 390 g/mol. The maximum atomic E-state index is 12.4. The van der Waals surface area contributed by atoms with Gasteiger partial charge in [0, 0.05) is 25.3 Å². The third-order valence-electron chi connectivity index (χ3n) is 4.10. The third-order valence-corrected chi connectivity index (χ3v) is 5.85. The Kier molecular flexibility index (Phi) is 6.05. The first-order valence-corrected chi connectivity index (χ1v) is 10.3. The Morgan fingerprint density at radius 1 is 1.44 bits per heavy atom. The van der Waals surface area contributed by atoms with Gasteiger partial charge in [0.1, 0.15) is 0 Å². The van der Waals surface area contributed by atoms with Crippen molar-refractivity contribution in [2.75, 3.05) is 20.3 Å². The van der Waals surface area contributed by atoms with Crippen LogP contribution in [0.4, 0.5) is 0 Å². The second kappa shape index (κ2) is 8.30. The molecule has 0 atom stereocenters. The highest BCUT2D eigenvalue weighted by molar-refractivity contribution is 7.89. The standard InChI is InChI=1S/C16H21N5O4S2/c1-25-8-7-18-27(23,24)13-4-2-3-11(9-13)15(22)17-10-14-19-20-16(26)21(14)12-5-6-12/h2-4,9,12,18H,5-8,10H2,1H3,(H,17,22)(H,20,26). The number of sulfonamides is 1. The smallest absolute Gasteiger partial charge is 0.251 e. The molecule has 27 heavy (non-hydrogen) atoms. The van der Waals surface area contributed by atoms with Gasteiger partial charge in [0.05, 0.1) is 18.0 Å². The number of amides is 1. The maximum Gasteiger partial charge on any atom is 0.251 e. The average Bonchev–Trinajstić information content (AvgIpc) is 3.42. The van der Waals surface area contributed by atoms with Gasteiger partial charge < -0.3 is 10.1 Å². The minimum absolute atomic E-state index is 0.0203. The zero-order valence-electron chi connectivity index (χ0n) is 14.8. The molecule has 9 nitrogen and oxygen atoms in total. The van der Waals surface area contributed by atoms with Crippen molar-refractivity contribution in [2.45, 2.75) is 30.3 Å². The van der Waals surface area contributed by atoms with Crippen molar-refractivity contribution in [3.05, 3.63) is 40.4 Å². The van der Waals surface area contributed by atoms with Crippen molar-refractivity contribution in [2.24, 2.45) is 0 Å². The van der Waals surface area contributed by atoms with Crippen molar-refractivity contribution in [1.29, 1.82) is 0 Å². The Labute approximate surface area is 162 Å². The molecule has 3 N–H and O–H groups in total. The van der Waals surface area contributed by atoms with Crippen molar-refractivity contribution >= 4 is 28.1 Å². The molecule has 11 heteroatoms. The van der Waals surface area contributed by atoms with E-state index in [4.69, 9.17) is 17.0 Å². The second-order valence-electron chi connectivity index (χ2n) is 6.15. The monoisotopic (exact) mass is 411 g/mol. The van der Waals surface area contributed by atoms with E-state index < -0.39 is 10.0 Å².